The molecular weight excluding hydrogens is 246 g/mol. The number of piperazine rings is 1. The number of nitro groups is 1. The summed E-state index contributed by atoms with van der Waals surface area (Å²) in [6, 6.07) is 4.66. The standard InChI is InChI=1S/C13H17N3O3/c1-9-7-11(3-4-12(9)16(18)19)13(17)15-6-5-14-8-10(15)2/h3-4,7,10,14H,5-6,8H2,1-2H3/t10-/m0/s1. The molecule has 0 spiro atoms. The number of aryl methyl sites for hydroxylation is 1. The summed E-state index contributed by atoms with van der Waals surface area (Å²) in [5, 5.41) is 14.0. The van der Waals surface area contributed by atoms with Crippen LogP contribution in [0.15, 0.2) is 18.2 Å². The molecule has 1 aromatic carbocycles. The predicted octanol–water partition coefficient (Wildman–Crippen LogP) is 1.34. The Morgan fingerprint density at radius 3 is 2.84 bits per heavy atom. The highest BCUT2D eigenvalue weighted by atomic mass is 16.6. The van der Waals surface area contributed by atoms with Gasteiger partial charge in [0.2, 0.25) is 0 Å². The predicted molar refractivity (Wildman–Crippen MR) is 71.2 cm³/mol. The zero-order valence-corrected chi connectivity index (χ0v) is 11.0. The average Bonchev–Trinajstić information content (AvgIpc) is 2.38. The molecule has 1 aliphatic rings. The molecule has 102 valence electrons. The van der Waals surface area contributed by atoms with Crippen molar-refractivity contribution in [3.63, 3.8) is 0 Å². The van der Waals surface area contributed by atoms with Crippen LogP contribution in [-0.4, -0.2) is 41.4 Å². The first kappa shape index (κ1) is 13.5. The lowest BCUT2D eigenvalue weighted by Crippen LogP contribution is -2.52. The number of amides is 1. The Kier molecular flexibility index (Phi) is 3.80. The lowest BCUT2D eigenvalue weighted by Gasteiger charge is -2.34. The van der Waals surface area contributed by atoms with Gasteiger partial charge in [-0.1, -0.05) is 0 Å². The van der Waals surface area contributed by atoms with Crippen molar-refractivity contribution in [3.8, 4) is 0 Å². The van der Waals surface area contributed by atoms with E-state index in [0.717, 1.165) is 13.1 Å². The Labute approximate surface area is 111 Å². The maximum absolute atomic E-state index is 12.4. The lowest BCUT2D eigenvalue weighted by atomic mass is 10.1. The molecule has 0 aromatic heterocycles. The van der Waals surface area contributed by atoms with E-state index in [1.807, 2.05) is 6.92 Å². The highest BCUT2D eigenvalue weighted by Crippen LogP contribution is 2.20. The van der Waals surface area contributed by atoms with Gasteiger partial charge in [-0.05, 0) is 26.0 Å². The fourth-order valence-electron chi connectivity index (χ4n) is 2.30. The molecule has 6 nitrogen and oxygen atoms in total. The van der Waals surface area contributed by atoms with Crippen LogP contribution < -0.4 is 5.32 Å². The Bertz CT molecular complexity index is 516. The molecule has 0 saturated carbocycles. The van der Waals surface area contributed by atoms with Crippen LogP contribution >= 0.6 is 0 Å². The summed E-state index contributed by atoms with van der Waals surface area (Å²) in [6.45, 7) is 5.86. The van der Waals surface area contributed by atoms with Crippen LogP contribution in [0.4, 0.5) is 5.69 Å². The Hall–Kier alpha value is -1.95. The van der Waals surface area contributed by atoms with Gasteiger partial charge in [0.25, 0.3) is 11.6 Å². The molecule has 1 saturated heterocycles. The summed E-state index contributed by atoms with van der Waals surface area (Å²) in [4.78, 5) is 24.5. The van der Waals surface area contributed by atoms with E-state index in [-0.39, 0.29) is 17.6 Å². The van der Waals surface area contributed by atoms with Crippen LogP contribution in [0.2, 0.25) is 0 Å². The molecule has 1 aliphatic heterocycles. The van der Waals surface area contributed by atoms with Crippen molar-refractivity contribution < 1.29 is 9.72 Å². The van der Waals surface area contributed by atoms with Gasteiger partial charge in [-0.3, -0.25) is 14.9 Å². The summed E-state index contributed by atoms with van der Waals surface area (Å²) in [5.74, 6) is -0.0630. The average molecular weight is 263 g/mol. The van der Waals surface area contributed by atoms with Crippen molar-refractivity contribution in [1.29, 1.82) is 0 Å². The molecule has 1 aromatic rings. The fraction of sp³-hybridized carbons (Fsp3) is 0.462. The van der Waals surface area contributed by atoms with E-state index in [1.54, 1.807) is 17.9 Å². The summed E-state index contributed by atoms with van der Waals surface area (Å²) in [6.07, 6.45) is 0. The molecule has 0 bridgehead atoms. The Morgan fingerprint density at radius 1 is 1.53 bits per heavy atom. The Balaban J connectivity index is 2.24. The second-order valence-corrected chi connectivity index (χ2v) is 4.81. The number of rotatable bonds is 2. The molecule has 6 heteroatoms. The third-order valence-electron chi connectivity index (χ3n) is 3.40. The summed E-state index contributed by atoms with van der Waals surface area (Å²) in [5.41, 5.74) is 1.07. The smallest absolute Gasteiger partial charge is 0.272 e. The molecule has 19 heavy (non-hydrogen) atoms. The van der Waals surface area contributed by atoms with Gasteiger partial charge in [0.1, 0.15) is 0 Å². The number of carbonyl (C=O) groups excluding carboxylic acids is 1. The first-order chi connectivity index (χ1) is 9.00. The molecule has 1 N–H and O–H groups in total. The van der Waals surface area contributed by atoms with E-state index in [4.69, 9.17) is 0 Å². The van der Waals surface area contributed by atoms with Crippen LogP contribution in [0, 0.1) is 17.0 Å². The minimum Gasteiger partial charge on any atom is -0.333 e. The van der Waals surface area contributed by atoms with Crippen molar-refractivity contribution >= 4 is 11.6 Å². The van der Waals surface area contributed by atoms with Crippen molar-refractivity contribution in [2.75, 3.05) is 19.6 Å². The topological polar surface area (TPSA) is 75.5 Å². The van der Waals surface area contributed by atoms with Crippen molar-refractivity contribution in [3.05, 3.63) is 39.4 Å². The number of carbonyl (C=O) groups is 1. The van der Waals surface area contributed by atoms with Gasteiger partial charge in [0.15, 0.2) is 0 Å². The van der Waals surface area contributed by atoms with Crippen LogP contribution in [-0.2, 0) is 0 Å². The molecule has 2 rings (SSSR count). The molecule has 1 heterocycles. The highest BCUT2D eigenvalue weighted by Gasteiger charge is 2.24. The fourth-order valence-corrected chi connectivity index (χ4v) is 2.30. The molecule has 0 radical (unpaired) electrons. The normalized spacial score (nSPS) is 19.3. The minimum atomic E-state index is -0.434. The van der Waals surface area contributed by atoms with E-state index in [1.165, 1.54) is 12.1 Å². The number of nitrogens with one attached hydrogen (secondary N) is 1. The van der Waals surface area contributed by atoms with Gasteiger partial charge < -0.3 is 10.2 Å². The van der Waals surface area contributed by atoms with Gasteiger partial charge in [-0.15, -0.1) is 0 Å². The van der Waals surface area contributed by atoms with E-state index in [9.17, 15) is 14.9 Å². The zero-order chi connectivity index (χ0) is 14.0. The van der Waals surface area contributed by atoms with Crippen molar-refractivity contribution in [2.45, 2.75) is 19.9 Å². The van der Waals surface area contributed by atoms with Gasteiger partial charge >= 0.3 is 0 Å². The molecular formula is C13H17N3O3. The maximum Gasteiger partial charge on any atom is 0.272 e. The third-order valence-corrected chi connectivity index (χ3v) is 3.40. The van der Waals surface area contributed by atoms with Crippen LogP contribution in [0.1, 0.15) is 22.8 Å². The van der Waals surface area contributed by atoms with E-state index >= 15 is 0 Å². The molecule has 0 unspecified atom stereocenters. The van der Waals surface area contributed by atoms with Crippen LogP contribution in [0.5, 0.6) is 0 Å². The monoisotopic (exact) mass is 263 g/mol. The number of hydrogen-bond acceptors (Lipinski definition) is 4. The number of benzene rings is 1. The first-order valence-corrected chi connectivity index (χ1v) is 6.27. The molecule has 1 amide bonds. The van der Waals surface area contributed by atoms with Crippen molar-refractivity contribution in [1.82, 2.24) is 10.2 Å². The molecule has 1 fully saturated rings. The summed E-state index contributed by atoms with van der Waals surface area (Å²) >= 11 is 0. The number of hydrogen-bond donors (Lipinski definition) is 1. The molecule has 0 aliphatic carbocycles. The lowest BCUT2D eigenvalue weighted by molar-refractivity contribution is -0.385. The molecule has 1 atom stereocenters. The first-order valence-electron chi connectivity index (χ1n) is 6.27. The van der Waals surface area contributed by atoms with Gasteiger partial charge in [-0.2, -0.15) is 0 Å². The summed E-state index contributed by atoms with van der Waals surface area (Å²) < 4.78 is 0. The van der Waals surface area contributed by atoms with E-state index in [2.05, 4.69) is 5.32 Å². The largest absolute Gasteiger partial charge is 0.333 e. The number of nitro benzene ring substituents is 1. The number of nitrogens with zero attached hydrogens (tertiary/aromatic N) is 2. The third kappa shape index (κ3) is 2.73. The second kappa shape index (κ2) is 5.36. The highest BCUT2D eigenvalue weighted by molar-refractivity contribution is 5.95. The SMILES string of the molecule is Cc1cc(C(=O)N2CCNC[C@@H]2C)ccc1[N+](=O)[O-]. The Morgan fingerprint density at radius 2 is 2.26 bits per heavy atom. The van der Waals surface area contributed by atoms with Crippen molar-refractivity contribution in [2.24, 2.45) is 0 Å². The summed E-state index contributed by atoms with van der Waals surface area (Å²) in [7, 11) is 0. The van der Waals surface area contributed by atoms with E-state index < -0.39 is 4.92 Å². The van der Waals surface area contributed by atoms with E-state index in [0.29, 0.717) is 17.7 Å². The zero-order valence-electron chi connectivity index (χ0n) is 11.0. The second-order valence-electron chi connectivity index (χ2n) is 4.81. The van der Waals surface area contributed by atoms with Gasteiger partial charge in [0, 0.05) is 42.9 Å². The maximum atomic E-state index is 12.4. The quantitative estimate of drug-likeness (QED) is 0.645. The van der Waals surface area contributed by atoms with Gasteiger partial charge in [-0.25, -0.2) is 0 Å². The van der Waals surface area contributed by atoms with Crippen LogP contribution in [0.3, 0.4) is 0 Å². The van der Waals surface area contributed by atoms with Gasteiger partial charge in [0.05, 0.1) is 4.92 Å². The minimum absolute atomic E-state index is 0.0462. The van der Waals surface area contributed by atoms with Crippen LogP contribution in [0.25, 0.3) is 0 Å².